The van der Waals surface area contributed by atoms with Crippen molar-refractivity contribution in [2.24, 2.45) is 0 Å². The van der Waals surface area contributed by atoms with Gasteiger partial charge in [-0.25, -0.2) is 4.79 Å². The Kier molecular flexibility index (Phi) is 6.51. The summed E-state index contributed by atoms with van der Waals surface area (Å²) in [5, 5.41) is 12.2. The van der Waals surface area contributed by atoms with Gasteiger partial charge in [0.1, 0.15) is 6.04 Å². The van der Waals surface area contributed by atoms with Gasteiger partial charge in [0.25, 0.3) is 0 Å². The number of nitrogens with one attached hydrogen (secondary N) is 1. The van der Waals surface area contributed by atoms with Gasteiger partial charge in [0.15, 0.2) is 0 Å². The highest BCUT2D eigenvalue weighted by Crippen LogP contribution is 2.39. The fraction of sp³-hybridized carbons (Fsp3) is 0.556. The Labute approximate surface area is 142 Å². The number of carbonyl (C=O) groups excluding carboxylic acids is 1. The normalized spacial score (nSPS) is 18.1. The Hall–Kier alpha value is -1.49. The van der Waals surface area contributed by atoms with Crippen molar-refractivity contribution in [2.75, 3.05) is 12.0 Å². The molecule has 5 heteroatoms. The van der Waals surface area contributed by atoms with Crippen LogP contribution in [0.1, 0.15) is 44.1 Å². The van der Waals surface area contributed by atoms with Crippen LogP contribution in [0.2, 0.25) is 0 Å². The smallest absolute Gasteiger partial charge is 0.326 e. The minimum atomic E-state index is -0.952. The molecule has 0 spiro atoms. The maximum absolute atomic E-state index is 13.0. The van der Waals surface area contributed by atoms with Crippen molar-refractivity contribution in [3.8, 4) is 0 Å². The molecule has 1 aliphatic carbocycles. The van der Waals surface area contributed by atoms with E-state index in [2.05, 4.69) is 5.32 Å². The maximum Gasteiger partial charge on any atom is 0.326 e. The molecule has 4 nitrogen and oxygen atoms in total. The number of benzene rings is 1. The predicted molar refractivity (Wildman–Crippen MR) is 93.8 cm³/mol. The Morgan fingerprint density at radius 2 is 1.87 bits per heavy atom. The minimum absolute atomic E-state index is 0.128. The van der Waals surface area contributed by atoms with Crippen LogP contribution in [-0.2, 0) is 15.0 Å². The van der Waals surface area contributed by atoms with E-state index in [1.165, 1.54) is 0 Å². The maximum atomic E-state index is 13.0. The van der Waals surface area contributed by atoms with Crippen LogP contribution < -0.4 is 5.32 Å². The van der Waals surface area contributed by atoms with E-state index in [4.69, 9.17) is 0 Å². The Morgan fingerprint density at radius 1 is 1.22 bits per heavy atom. The lowest BCUT2D eigenvalue weighted by atomic mass is 9.68. The highest BCUT2D eigenvalue weighted by atomic mass is 32.2. The number of carbonyl (C=O) groups is 2. The van der Waals surface area contributed by atoms with Crippen molar-refractivity contribution >= 4 is 23.6 Å². The molecule has 1 aliphatic rings. The van der Waals surface area contributed by atoms with E-state index in [-0.39, 0.29) is 5.91 Å². The molecule has 1 atom stereocenters. The van der Waals surface area contributed by atoms with E-state index in [0.717, 1.165) is 43.4 Å². The van der Waals surface area contributed by atoms with Gasteiger partial charge in [0.2, 0.25) is 5.91 Å². The molecule has 0 aliphatic heterocycles. The Morgan fingerprint density at radius 3 is 2.43 bits per heavy atom. The first-order valence-corrected chi connectivity index (χ1v) is 9.58. The lowest BCUT2D eigenvalue weighted by molar-refractivity contribution is -0.143. The molecule has 0 heterocycles. The second kappa shape index (κ2) is 8.39. The van der Waals surface area contributed by atoms with Gasteiger partial charge in [0, 0.05) is 0 Å². The quantitative estimate of drug-likeness (QED) is 0.803. The summed E-state index contributed by atoms with van der Waals surface area (Å²) in [5.41, 5.74) is 0.429. The van der Waals surface area contributed by atoms with Gasteiger partial charge in [-0.3, -0.25) is 4.79 Å². The molecule has 0 aromatic heterocycles. The number of carboxylic acid groups (broad SMARTS) is 1. The van der Waals surface area contributed by atoms with E-state index in [1.807, 2.05) is 36.6 Å². The molecule has 1 aromatic carbocycles. The molecular formula is C18H25NO3S. The zero-order valence-electron chi connectivity index (χ0n) is 13.6. The SMILES string of the molecule is CSCC[C@H](NC(=O)C1(c2ccccc2)CCCCC1)C(=O)O. The lowest BCUT2D eigenvalue weighted by Gasteiger charge is -2.37. The molecule has 126 valence electrons. The largest absolute Gasteiger partial charge is 0.480 e. The monoisotopic (exact) mass is 335 g/mol. The van der Waals surface area contributed by atoms with Gasteiger partial charge >= 0.3 is 5.97 Å². The first-order chi connectivity index (χ1) is 11.1. The summed E-state index contributed by atoms with van der Waals surface area (Å²) in [5.74, 6) is -0.362. The first kappa shape index (κ1) is 17.9. The number of carboxylic acids is 1. The summed E-state index contributed by atoms with van der Waals surface area (Å²) in [6.45, 7) is 0. The molecule has 0 unspecified atom stereocenters. The van der Waals surface area contributed by atoms with Gasteiger partial charge in [-0.05, 0) is 36.8 Å². The average molecular weight is 335 g/mol. The summed E-state index contributed by atoms with van der Waals surface area (Å²) in [6, 6.07) is 9.00. The standard InChI is InChI=1S/C18H25NO3S/c1-23-13-10-15(16(20)21)19-17(22)18(11-6-3-7-12-18)14-8-4-2-5-9-14/h2,4-5,8-9,15H,3,6-7,10-13H2,1H3,(H,19,22)(H,20,21)/t15-/m0/s1. The van der Waals surface area contributed by atoms with Gasteiger partial charge in [-0.1, -0.05) is 49.6 Å². The number of amides is 1. The zero-order chi connectivity index (χ0) is 16.7. The second-order valence-corrected chi connectivity index (χ2v) is 7.14. The number of hydrogen-bond acceptors (Lipinski definition) is 3. The van der Waals surface area contributed by atoms with Gasteiger partial charge < -0.3 is 10.4 Å². The third kappa shape index (κ3) is 4.28. The molecule has 23 heavy (non-hydrogen) atoms. The van der Waals surface area contributed by atoms with Crippen LogP contribution in [0.5, 0.6) is 0 Å². The van der Waals surface area contributed by atoms with Crippen molar-refractivity contribution in [1.82, 2.24) is 5.32 Å². The van der Waals surface area contributed by atoms with E-state index >= 15 is 0 Å². The molecule has 1 amide bonds. The summed E-state index contributed by atoms with van der Waals surface area (Å²) in [7, 11) is 0. The molecule has 1 fully saturated rings. The van der Waals surface area contributed by atoms with Crippen molar-refractivity contribution < 1.29 is 14.7 Å². The topological polar surface area (TPSA) is 66.4 Å². The van der Waals surface area contributed by atoms with E-state index in [1.54, 1.807) is 11.8 Å². The Bertz CT molecular complexity index is 526. The van der Waals surface area contributed by atoms with Crippen molar-refractivity contribution in [2.45, 2.75) is 50.0 Å². The highest BCUT2D eigenvalue weighted by molar-refractivity contribution is 7.98. The van der Waals surface area contributed by atoms with Crippen LogP contribution in [0, 0.1) is 0 Å². The summed E-state index contributed by atoms with van der Waals surface area (Å²) in [4.78, 5) is 24.5. The minimum Gasteiger partial charge on any atom is -0.480 e. The molecule has 0 radical (unpaired) electrons. The Balaban J connectivity index is 2.21. The number of aliphatic carboxylic acids is 1. The highest BCUT2D eigenvalue weighted by Gasteiger charge is 2.42. The van der Waals surface area contributed by atoms with Crippen LogP contribution in [0.15, 0.2) is 30.3 Å². The van der Waals surface area contributed by atoms with Crippen LogP contribution >= 0.6 is 11.8 Å². The third-order valence-corrected chi connectivity index (χ3v) is 5.33. The molecule has 2 rings (SSSR count). The third-order valence-electron chi connectivity index (χ3n) is 4.68. The number of rotatable bonds is 7. The summed E-state index contributed by atoms with van der Waals surface area (Å²) in [6.07, 6.45) is 7.11. The molecule has 0 bridgehead atoms. The average Bonchev–Trinajstić information content (AvgIpc) is 2.59. The molecule has 0 saturated heterocycles. The van der Waals surface area contributed by atoms with Crippen molar-refractivity contribution in [3.63, 3.8) is 0 Å². The van der Waals surface area contributed by atoms with E-state index in [0.29, 0.717) is 6.42 Å². The fourth-order valence-corrected chi connectivity index (χ4v) is 3.82. The van der Waals surface area contributed by atoms with Gasteiger partial charge in [-0.2, -0.15) is 11.8 Å². The molecule has 1 saturated carbocycles. The zero-order valence-corrected chi connectivity index (χ0v) is 14.4. The molecule has 2 N–H and O–H groups in total. The number of hydrogen-bond donors (Lipinski definition) is 2. The van der Waals surface area contributed by atoms with Gasteiger partial charge in [-0.15, -0.1) is 0 Å². The first-order valence-electron chi connectivity index (χ1n) is 8.18. The van der Waals surface area contributed by atoms with E-state index < -0.39 is 17.4 Å². The van der Waals surface area contributed by atoms with Crippen LogP contribution in [-0.4, -0.2) is 35.0 Å². The van der Waals surface area contributed by atoms with Crippen LogP contribution in [0.4, 0.5) is 0 Å². The predicted octanol–water partition coefficient (Wildman–Crippen LogP) is 3.21. The molecule has 1 aromatic rings. The van der Waals surface area contributed by atoms with Crippen molar-refractivity contribution in [3.05, 3.63) is 35.9 Å². The van der Waals surface area contributed by atoms with Crippen LogP contribution in [0.25, 0.3) is 0 Å². The van der Waals surface area contributed by atoms with Crippen molar-refractivity contribution in [1.29, 1.82) is 0 Å². The van der Waals surface area contributed by atoms with Crippen LogP contribution in [0.3, 0.4) is 0 Å². The van der Waals surface area contributed by atoms with Gasteiger partial charge in [0.05, 0.1) is 5.41 Å². The van der Waals surface area contributed by atoms with E-state index in [9.17, 15) is 14.7 Å². The summed E-state index contributed by atoms with van der Waals surface area (Å²) < 4.78 is 0. The molecular weight excluding hydrogens is 310 g/mol. The second-order valence-electron chi connectivity index (χ2n) is 6.15. The lowest BCUT2D eigenvalue weighted by Crippen LogP contribution is -2.51. The number of thioether (sulfide) groups is 1. The summed E-state index contributed by atoms with van der Waals surface area (Å²) >= 11 is 1.59. The fourth-order valence-electron chi connectivity index (χ4n) is 3.35.